The molecular formula is C16H17FN2OS. The third kappa shape index (κ3) is 4.23. The standard InChI is InChI=1S/C16H17FN2OS/c1-10-3-6-15(11(2)7-10)21-9-16(20)19-14-8-12(17)4-5-13(14)18/h3-8H,9,18H2,1-2H3,(H,19,20). The van der Waals surface area contributed by atoms with Crippen LogP contribution in [0.2, 0.25) is 0 Å². The Morgan fingerprint density at radius 1 is 1.24 bits per heavy atom. The molecule has 3 nitrogen and oxygen atoms in total. The Hall–Kier alpha value is -2.01. The number of anilines is 2. The van der Waals surface area contributed by atoms with Gasteiger partial charge in [0.05, 0.1) is 17.1 Å². The van der Waals surface area contributed by atoms with Gasteiger partial charge in [-0.1, -0.05) is 17.7 Å². The van der Waals surface area contributed by atoms with Crippen molar-refractivity contribution in [2.24, 2.45) is 0 Å². The highest BCUT2D eigenvalue weighted by Crippen LogP contribution is 2.24. The number of benzene rings is 2. The van der Waals surface area contributed by atoms with Crippen LogP contribution in [-0.2, 0) is 4.79 Å². The highest BCUT2D eigenvalue weighted by molar-refractivity contribution is 8.00. The molecule has 0 heterocycles. The summed E-state index contributed by atoms with van der Waals surface area (Å²) in [5.74, 6) is -0.390. The highest BCUT2D eigenvalue weighted by Gasteiger charge is 2.08. The smallest absolute Gasteiger partial charge is 0.234 e. The molecule has 110 valence electrons. The van der Waals surface area contributed by atoms with Crippen LogP contribution in [0.15, 0.2) is 41.3 Å². The SMILES string of the molecule is Cc1ccc(SCC(=O)Nc2cc(F)ccc2N)c(C)c1. The summed E-state index contributed by atoms with van der Waals surface area (Å²) in [6.45, 7) is 4.04. The molecule has 0 radical (unpaired) electrons. The van der Waals surface area contributed by atoms with Crippen molar-refractivity contribution in [3.63, 3.8) is 0 Å². The van der Waals surface area contributed by atoms with Crippen molar-refractivity contribution in [2.75, 3.05) is 16.8 Å². The molecule has 0 aromatic heterocycles. The molecule has 0 aliphatic heterocycles. The van der Waals surface area contributed by atoms with Crippen molar-refractivity contribution in [2.45, 2.75) is 18.7 Å². The molecule has 3 N–H and O–H groups in total. The van der Waals surface area contributed by atoms with E-state index in [-0.39, 0.29) is 11.7 Å². The second-order valence-electron chi connectivity index (χ2n) is 4.84. The second kappa shape index (κ2) is 6.63. The molecule has 0 saturated heterocycles. The number of nitrogens with two attached hydrogens (primary N) is 1. The van der Waals surface area contributed by atoms with Crippen molar-refractivity contribution in [3.8, 4) is 0 Å². The zero-order valence-corrected chi connectivity index (χ0v) is 12.8. The van der Waals surface area contributed by atoms with E-state index >= 15 is 0 Å². The van der Waals surface area contributed by atoms with E-state index in [1.165, 1.54) is 35.5 Å². The Balaban J connectivity index is 1.97. The first-order chi connectivity index (χ1) is 9.95. The van der Waals surface area contributed by atoms with Crippen molar-refractivity contribution in [1.29, 1.82) is 0 Å². The van der Waals surface area contributed by atoms with Crippen molar-refractivity contribution < 1.29 is 9.18 Å². The monoisotopic (exact) mass is 304 g/mol. The van der Waals surface area contributed by atoms with Crippen LogP contribution >= 0.6 is 11.8 Å². The number of thioether (sulfide) groups is 1. The quantitative estimate of drug-likeness (QED) is 0.668. The molecule has 2 aromatic carbocycles. The second-order valence-corrected chi connectivity index (χ2v) is 5.85. The van der Waals surface area contributed by atoms with E-state index in [1.54, 1.807) is 0 Å². The fraction of sp³-hybridized carbons (Fsp3) is 0.188. The maximum absolute atomic E-state index is 13.1. The van der Waals surface area contributed by atoms with E-state index in [1.807, 2.05) is 26.0 Å². The number of amides is 1. The summed E-state index contributed by atoms with van der Waals surface area (Å²) in [5, 5.41) is 2.63. The highest BCUT2D eigenvalue weighted by atomic mass is 32.2. The lowest BCUT2D eigenvalue weighted by atomic mass is 10.2. The summed E-state index contributed by atoms with van der Waals surface area (Å²) in [5.41, 5.74) is 8.68. The average molecular weight is 304 g/mol. The fourth-order valence-corrected chi connectivity index (χ4v) is 2.74. The van der Waals surface area contributed by atoms with E-state index < -0.39 is 5.82 Å². The van der Waals surface area contributed by atoms with Gasteiger partial charge in [-0.15, -0.1) is 11.8 Å². The van der Waals surface area contributed by atoms with Crippen molar-refractivity contribution >= 4 is 29.0 Å². The number of carbonyl (C=O) groups is 1. The molecule has 5 heteroatoms. The molecule has 0 aliphatic rings. The number of hydrogen-bond donors (Lipinski definition) is 2. The first kappa shape index (κ1) is 15.4. The van der Waals surface area contributed by atoms with Gasteiger partial charge in [-0.2, -0.15) is 0 Å². The summed E-state index contributed by atoms with van der Waals surface area (Å²) < 4.78 is 13.1. The van der Waals surface area contributed by atoms with Gasteiger partial charge >= 0.3 is 0 Å². The number of carbonyl (C=O) groups excluding carboxylic acids is 1. The van der Waals surface area contributed by atoms with E-state index in [0.717, 1.165) is 10.5 Å². The topological polar surface area (TPSA) is 55.1 Å². The maximum Gasteiger partial charge on any atom is 0.234 e. The Bertz CT molecular complexity index is 673. The molecular weight excluding hydrogens is 287 g/mol. The Labute approximate surface area is 127 Å². The Morgan fingerprint density at radius 3 is 2.71 bits per heavy atom. The van der Waals surface area contributed by atoms with Crippen molar-refractivity contribution in [1.82, 2.24) is 0 Å². The number of nitrogens with one attached hydrogen (secondary N) is 1. The lowest BCUT2D eigenvalue weighted by Gasteiger charge is -2.09. The predicted molar refractivity (Wildman–Crippen MR) is 86.1 cm³/mol. The van der Waals surface area contributed by atoms with Crippen LogP contribution in [-0.4, -0.2) is 11.7 Å². The molecule has 0 atom stereocenters. The van der Waals surface area contributed by atoms with Gasteiger partial charge in [0.15, 0.2) is 0 Å². The number of halogens is 1. The van der Waals surface area contributed by atoms with Gasteiger partial charge < -0.3 is 11.1 Å². The van der Waals surface area contributed by atoms with Gasteiger partial charge in [0.25, 0.3) is 0 Å². The molecule has 0 bridgehead atoms. The first-order valence-electron chi connectivity index (χ1n) is 6.50. The predicted octanol–water partition coefficient (Wildman–Crippen LogP) is 3.76. The molecule has 1 amide bonds. The zero-order chi connectivity index (χ0) is 15.4. The van der Waals surface area contributed by atoms with Crippen LogP contribution in [0.3, 0.4) is 0 Å². The number of hydrogen-bond acceptors (Lipinski definition) is 3. The molecule has 21 heavy (non-hydrogen) atoms. The minimum atomic E-state index is -0.429. The third-order valence-electron chi connectivity index (χ3n) is 2.98. The van der Waals surface area contributed by atoms with Gasteiger partial charge in [-0.3, -0.25) is 4.79 Å². The van der Waals surface area contributed by atoms with Crippen LogP contribution in [0.1, 0.15) is 11.1 Å². The van der Waals surface area contributed by atoms with Gasteiger partial charge in [0, 0.05) is 4.90 Å². The zero-order valence-electron chi connectivity index (χ0n) is 11.9. The van der Waals surface area contributed by atoms with Gasteiger partial charge in [0.2, 0.25) is 5.91 Å². The van der Waals surface area contributed by atoms with Crippen LogP contribution in [0.5, 0.6) is 0 Å². The summed E-state index contributed by atoms with van der Waals surface area (Å²) in [7, 11) is 0. The molecule has 0 aliphatic carbocycles. The van der Waals surface area contributed by atoms with Crippen LogP contribution in [0.25, 0.3) is 0 Å². The molecule has 0 saturated carbocycles. The summed E-state index contributed by atoms with van der Waals surface area (Å²) >= 11 is 1.45. The van der Waals surface area contributed by atoms with Crippen molar-refractivity contribution in [3.05, 3.63) is 53.3 Å². The van der Waals surface area contributed by atoms with Crippen LogP contribution in [0, 0.1) is 19.7 Å². The normalized spacial score (nSPS) is 10.4. The Kier molecular flexibility index (Phi) is 4.85. The van der Waals surface area contributed by atoms with E-state index in [0.29, 0.717) is 11.4 Å². The van der Waals surface area contributed by atoms with E-state index in [9.17, 15) is 9.18 Å². The van der Waals surface area contributed by atoms with Gasteiger partial charge in [-0.05, 0) is 43.7 Å². The minimum Gasteiger partial charge on any atom is -0.397 e. The fourth-order valence-electron chi connectivity index (χ4n) is 1.93. The van der Waals surface area contributed by atoms with E-state index in [2.05, 4.69) is 11.4 Å². The molecule has 2 aromatic rings. The minimum absolute atomic E-state index is 0.211. The lowest BCUT2D eigenvalue weighted by molar-refractivity contribution is -0.113. The summed E-state index contributed by atoms with van der Waals surface area (Å²) in [6, 6.07) is 9.99. The average Bonchev–Trinajstić information content (AvgIpc) is 2.42. The van der Waals surface area contributed by atoms with E-state index in [4.69, 9.17) is 5.73 Å². The number of aryl methyl sites for hydroxylation is 2. The summed E-state index contributed by atoms with van der Waals surface area (Å²) in [4.78, 5) is 13.0. The lowest BCUT2D eigenvalue weighted by Crippen LogP contribution is -2.15. The van der Waals surface area contributed by atoms with Gasteiger partial charge in [-0.25, -0.2) is 4.39 Å². The molecule has 0 spiro atoms. The molecule has 0 fully saturated rings. The number of nitrogen functional groups attached to an aromatic ring is 1. The van der Waals surface area contributed by atoms with Crippen LogP contribution < -0.4 is 11.1 Å². The van der Waals surface area contributed by atoms with Gasteiger partial charge in [0.1, 0.15) is 5.82 Å². The largest absolute Gasteiger partial charge is 0.397 e. The molecule has 0 unspecified atom stereocenters. The number of rotatable bonds is 4. The Morgan fingerprint density at radius 2 is 2.00 bits per heavy atom. The molecule has 2 rings (SSSR count). The maximum atomic E-state index is 13.1. The van der Waals surface area contributed by atoms with Crippen LogP contribution in [0.4, 0.5) is 15.8 Å². The summed E-state index contributed by atoms with van der Waals surface area (Å²) in [6.07, 6.45) is 0. The first-order valence-corrected chi connectivity index (χ1v) is 7.49. The third-order valence-corrected chi connectivity index (χ3v) is 4.15.